The van der Waals surface area contributed by atoms with Crippen molar-refractivity contribution in [3.8, 4) is 11.8 Å². The zero-order valence-electron chi connectivity index (χ0n) is 10.5. The average molecular weight is 300 g/mol. The molecule has 0 spiro atoms. The van der Waals surface area contributed by atoms with Crippen molar-refractivity contribution >= 4 is 28.9 Å². The Morgan fingerprint density at radius 2 is 2.19 bits per heavy atom. The fourth-order valence-corrected chi connectivity index (χ4v) is 2.31. The van der Waals surface area contributed by atoms with Crippen LogP contribution in [0.25, 0.3) is 6.08 Å². The van der Waals surface area contributed by atoms with Gasteiger partial charge in [0.15, 0.2) is 5.75 Å². The fourth-order valence-electron chi connectivity index (χ4n) is 1.63. The van der Waals surface area contributed by atoms with E-state index in [0.29, 0.717) is 10.4 Å². The molecule has 0 unspecified atom stereocenters. The number of hydrogen-bond donors (Lipinski definition) is 1. The van der Waals surface area contributed by atoms with Gasteiger partial charge < -0.3 is 5.11 Å². The Hall–Kier alpha value is -2.98. The quantitative estimate of drug-likeness (QED) is 0.307. The summed E-state index contributed by atoms with van der Waals surface area (Å²) < 4.78 is 0. The van der Waals surface area contributed by atoms with Gasteiger partial charge in [-0.15, -0.1) is 11.3 Å². The van der Waals surface area contributed by atoms with Crippen molar-refractivity contribution in [3.05, 3.63) is 61.8 Å². The molecular weight excluding hydrogens is 292 g/mol. The molecule has 0 atom stereocenters. The molecule has 0 bridgehead atoms. The topological polar surface area (TPSA) is 104 Å². The Morgan fingerprint density at radius 3 is 2.76 bits per heavy atom. The number of rotatable bonds is 4. The van der Waals surface area contributed by atoms with E-state index in [-0.39, 0.29) is 5.57 Å². The molecule has 2 aromatic rings. The van der Waals surface area contributed by atoms with Gasteiger partial charge in [0.25, 0.3) is 0 Å². The first-order valence-electron chi connectivity index (χ1n) is 5.70. The first-order chi connectivity index (χ1) is 10.0. The minimum absolute atomic E-state index is 0.127. The molecule has 6 nitrogen and oxygen atoms in total. The molecule has 0 aliphatic rings. The molecule has 0 fully saturated rings. The van der Waals surface area contributed by atoms with E-state index in [9.17, 15) is 20.0 Å². The van der Waals surface area contributed by atoms with Crippen molar-refractivity contribution in [2.75, 3.05) is 0 Å². The summed E-state index contributed by atoms with van der Waals surface area (Å²) in [6, 6.07) is 8.72. The number of carbonyl (C=O) groups is 1. The lowest BCUT2D eigenvalue weighted by molar-refractivity contribution is -0.385. The predicted octanol–water partition coefficient (Wildman–Crippen LogP) is 3.15. The van der Waals surface area contributed by atoms with Crippen molar-refractivity contribution in [2.45, 2.75) is 0 Å². The van der Waals surface area contributed by atoms with Crippen LogP contribution < -0.4 is 0 Å². The minimum Gasteiger partial charge on any atom is -0.502 e. The highest BCUT2D eigenvalue weighted by Gasteiger charge is 2.16. The summed E-state index contributed by atoms with van der Waals surface area (Å²) in [5.41, 5.74) is -0.317. The lowest BCUT2D eigenvalue weighted by atomic mass is 10.1. The molecule has 1 aromatic carbocycles. The van der Waals surface area contributed by atoms with E-state index in [1.807, 2.05) is 0 Å². The number of Topliss-reactive ketones (excluding diaryl/α,β-unsaturated/α-hetero) is 1. The van der Waals surface area contributed by atoms with Gasteiger partial charge >= 0.3 is 5.69 Å². The largest absolute Gasteiger partial charge is 0.502 e. The van der Waals surface area contributed by atoms with Crippen LogP contribution in [0.1, 0.15) is 15.2 Å². The monoisotopic (exact) mass is 300 g/mol. The minimum atomic E-state index is -0.736. The van der Waals surface area contributed by atoms with Gasteiger partial charge in [-0.25, -0.2) is 0 Å². The number of ketones is 1. The van der Waals surface area contributed by atoms with Crippen molar-refractivity contribution in [1.82, 2.24) is 0 Å². The number of benzene rings is 1. The lowest BCUT2D eigenvalue weighted by Gasteiger charge is -1.99. The first kappa shape index (κ1) is 14.4. The Morgan fingerprint density at radius 1 is 1.43 bits per heavy atom. The van der Waals surface area contributed by atoms with Gasteiger partial charge in [0, 0.05) is 6.07 Å². The van der Waals surface area contributed by atoms with E-state index in [1.54, 1.807) is 23.6 Å². The molecule has 0 saturated heterocycles. The average Bonchev–Trinajstić information content (AvgIpc) is 2.99. The highest BCUT2D eigenvalue weighted by Crippen LogP contribution is 2.27. The highest BCUT2D eigenvalue weighted by atomic mass is 32.1. The van der Waals surface area contributed by atoms with Gasteiger partial charge in [-0.05, 0) is 29.2 Å². The Labute approximate surface area is 123 Å². The van der Waals surface area contributed by atoms with Gasteiger partial charge in [-0.2, -0.15) is 5.26 Å². The number of thiophene rings is 1. The van der Waals surface area contributed by atoms with E-state index < -0.39 is 22.1 Å². The third kappa shape index (κ3) is 3.13. The summed E-state index contributed by atoms with van der Waals surface area (Å²) >= 11 is 1.21. The number of carbonyl (C=O) groups excluding carboxylic acids is 1. The molecule has 1 N–H and O–H groups in total. The Kier molecular flexibility index (Phi) is 4.11. The summed E-state index contributed by atoms with van der Waals surface area (Å²) in [6.45, 7) is 0. The molecule has 1 heterocycles. The van der Waals surface area contributed by atoms with Crippen LogP contribution in [0.2, 0.25) is 0 Å². The molecule has 0 amide bonds. The maximum Gasteiger partial charge on any atom is 0.311 e. The molecule has 2 rings (SSSR count). The first-order valence-corrected chi connectivity index (χ1v) is 6.58. The third-order valence-corrected chi connectivity index (χ3v) is 3.49. The van der Waals surface area contributed by atoms with E-state index in [0.717, 1.165) is 12.1 Å². The summed E-state index contributed by atoms with van der Waals surface area (Å²) in [4.78, 5) is 22.5. The number of allylic oxidation sites excluding steroid dienone is 1. The lowest BCUT2D eigenvalue weighted by Crippen LogP contribution is -1.99. The summed E-state index contributed by atoms with van der Waals surface area (Å²) in [5.74, 6) is -0.913. The predicted molar refractivity (Wildman–Crippen MR) is 77.0 cm³/mol. The van der Waals surface area contributed by atoms with Crippen LogP contribution in [-0.4, -0.2) is 15.8 Å². The van der Waals surface area contributed by atoms with Crippen LogP contribution >= 0.6 is 11.3 Å². The zero-order chi connectivity index (χ0) is 15.4. The standard InChI is InChI=1S/C14H8N2O4S/c15-8-10(14(18)13-2-1-5-21-13)6-9-3-4-12(17)11(7-9)16(19)20/h1-7,17H/b10-6+. The second kappa shape index (κ2) is 5.98. The second-order valence-electron chi connectivity index (χ2n) is 3.98. The van der Waals surface area contributed by atoms with Crippen LogP contribution in [0.15, 0.2) is 41.3 Å². The summed E-state index contributed by atoms with van der Waals surface area (Å²) in [7, 11) is 0. The maximum atomic E-state index is 12.1. The molecule has 0 aliphatic carbocycles. The van der Waals surface area contributed by atoms with Gasteiger partial charge in [-0.1, -0.05) is 12.1 Å². The van der Waals surface area contributed by atoms with Gasteiger partial charge in [0.1, 0.15) is 11.6 Å². The number of hydrogen-bond acceptors (Lipinski definition) is 6. The normalized spacial score (nSPS) is 10.9. The third-order valence-electron chi connectivity index (χ3n) is 2.62. The van der Waals surface area contributed by atoms with Gasteiger partial charge in [0.2, 0.25) is 5.78 Å². The highest BCUT2D eigenvalue weighted by molar-refractivity contribution is 7.12. The molecular formula is C14H8N2O4S. The van der Waals surface area contributed by atoms with Crippen LogP contribution in [0, 0.1) is 21.4 Å². The molecule has 7 heteroatoms. The van der Waals surface area contributed by atoms with Gasteiger partial charge in [0.05, 0.1) is 9.80 Å². The number of phenolic OH excluding ortho intramolecular Hbond substituents is 1. The molecule has 1 aromatic heterocycles. The van der Waals surface area contributed by atoms with Crippen molar-refractivity contribution in [1.29, 1.82) is 5.26 Å². The molecule has 104 valence electrons. The number of nitro groups is 1. The molecule has 0 radical (unpaired) electrons. The number of nitrogens with zero attached hydrogens (tertiary/aromatic N) is 2. The maximum absolute atomic E-state index is 12.1. The fraction of sp³-hybridized carbons (Fsp3) is 0. The van der Waals surface area contributed by atoms with E-state index in [4.69, 9.17) is 5.26 Å². The van der Waals surface area contributed by atoms with Crippen molar-refractivity contribution in [3.63, 3.8) is 0 Å². The van der Waals surface area contributed by atoms with Crippen molar-refractivity contribution in [2.24, 2.45) is 0 Å². The van der Waals surface area contributed by atoms with E-state index >= 15 is 0 Å². The Bertz CT molecular complexity index is 773. The zero-order valence-corrected chi connectivity index (χ0v) is 11.3. The number of aromatic hydroxyl groups is 1. The summed E-state index contributed by atoms with van der Waals surface area (Å²) in [6.07, 6.45) is 1.26. The smallest absolute Gasteiger partial charge is 0.311 e. The molecule has 21 heavy (non-hydrogen) atoms. The Balaban J connectivity index is 2.42. The van der Waals surface area contributed by atoms with Crippen LogP contribution in [0.3, 0.4) is 0 Å². The summed E-state index contributed by atoms with van der Waals surface area (Å²) in [5, 5.41) is 30.9. The van der Waals surface area contributed by atoms with Crippen molar-refractivity contribution < 1.29 is 14.8 Å². The van der Waals surface area contributed by atoms with Crippen LogP contribution in [0.5, 0.6) is 5.75 Å². The van der Waals surface area contributed by atoms with Crippen LogP contribution in [0.4, 0.5) is 5.69 Å². The van der Waals surface area contributed by atoms with E-state index in [2.05, 4.69) is 0 Å². The van der Waals surface area contributed by atoms with E-state index in [1.165, 1.54) is 23.5 Å². The molecule has 0 aliphatic heterocycles. The SMILES string of the molecule is N#C/C(=C\c1ccc(O)c([N+](=O)[O-])c1)C(=O)c1cccs1. The van der Waals surface area contributed by atoms with Gasteiger partial charge in [-0.3, -0.25) is 14.9 Å². The number of nitriles is 1. The number of nitro benzene ring substituents is 1. The molecule has 0 saturated carbocycles. The second-order valence-corrected chi connectivity index (χ2v) is 4.93. The number of phenols is 1. The van der Waals surface area contributed by atoms with Crippen LogP contribution in [-0.2, 0) is 0 Å².